The topological polar surface area (TPSA) is 0 Å². The van der Waals surface area contributed by atoms with Crippen LogP contribution in [0.4, 0.5) is 0 Å². The molecule has 0 saturated heterocycles. The van der Waals surface area contributed by atoms with Crippen LogP contribution in [0.5, 0.6) is 0 Å². The average molecular weight is 353 g/mol. The van der Waals surface area contributed by atoms with Gasteiger partial charge in [0, 0.05) is 0 Å². The second kappa shape index (κ2) is 6.14. The Morgan fingerprint density at radius 3 is 2.00 bits per heavy atom. The van der Waals surface area contributed by atoms with Gasteiger partial charge in [0.1, 0.15) is 0 Å². The summed E-state index contributed by atoms with van der Waals surface area (Å²) in [5, 5.41) is 0. The predicted molar refractivity (Wildman–Crippen MR) is 83.2 cm³/mol. The molecule has 0 atom stereocenters. The number of thioether (sulfide) groups is 1. The van der Waals surface area contributed by atoms with Gasteiger partial charge >= 0.3 is 115 Å². The van der Waals surface area contributed by atoms with Crippen LogP contribution in [0.2, 0.25) is 14.8 Å². The molecule has 0 aliphatic heterocycles. The molecule has 0 aliphatic rings. The van der Waals surface area contributed by atoms with E-state index in [2.05, 4.69) is 65.6 Å². The van der Waals surface area contributed by atoms with E-state index in [1.54, 1.807) is 0 Å². The van der Waals surface area contributed by atoms with Gasteiger partial charge < -0.3 is 0 Å². The Kier molecular flexibility index (Phi) is 5.39. The molecule has 0 N–H and O–H groups in total. The van der Waals surface area contributed by atoms with E-state index < -0.39 is 18.4 Å². The third kappa shape index (κ3) is 4.55. The maximum atomic E-state index is 4.36. The van der Waals surface area contributed by atoms with E-state index in [-0.39, 0.29) is 0 Å². The van der Waals surface area contributed by atoms with Gasteiger partial charge in [0.05, 0.1) is 0 Å². The van der Waals surface area contributed by atoms with Crippen LogP contribution in [0.15, 0.2) is 55.9 Å². The summed E-state index contributed by atoms with van der Waals surface area (Å²) in [5.41, 5.74) is 1.38. The molecule has 17 heavy (non-hydrogen) atoms. The quantitative estimate of drug-likeness (QED) is 0.391. The van der Waals surface area contributed by atoms with Crippen LogP contribution in [-0.2, 0) is 0 Å². The van der Waals surface area contributed by atoms with E-state index in [1.165, 1.54) is 19.0 Å². The van der Waals surface area contributed by atoms with Crippen molar-refractivity contribution in [3.05, 3.63) is 51.0 Å². The summed E-state index contributed by atoms with van der Waals surface area (Å²) in [5.74, 6) is 0. The molecule has 0 amide bonds. The number of benzene rings is 1. The second-order valence-corrected chi connectivity index (χ2v) is 21.1. The zero-order chi connectivity index (χ0) is 13.1. The van der Waals surface area contributed by atoms with Gasteiger partial charge in [-0.15, -0.1) is 0 Å². The Morgan fingerprint density at radius 2 is 1.59 bits per heavy atom. The van der Waals surface area contributed by atoms with E-state index in [0.717, 1.165) is 0 Å². The Hall–Kier alpha value is -0.151. The molecule has 1 aromatic rings. The minimum absolute atomic E-state index is 1.31. The molecule has 92 valence electrons. The number of rotatable bonds is 4. The second-order valence-electron chi connectivity index (χ2n) is 5.47. The molecule has 0 spiro atoms. The van der Waals surface area contributed by atoms with Crippen molar-refractivity contribution in [2.24, 2.45) is 0 Å². The average Bonchev–Trinajstić information content (AvgIpc) is 2.24. The first kappa shape index (κ1) is 14.9. The summed E-state index contributed by atoms with van der Waals surface area (Å²) in [6.07, 6.45) is 0. The van der Waals surface area contributed by atoms with Crippen LogP contribution in [0.25, 0.3) is 0 Å². The van der Waals surface area contributed by atoms with E-state index in [4.69, 9.17) is 0 Å². The van der Waals surface area contributed by atoms with Gasteiger partial charge in [-0.2, -0.15) is 0 Å². The molecule has 1 rings (SSSR count). The molecular formula is C15H22SSn. The van der Waals surface area contributed by atoms with Gasteiger partial charge in [0.25, 0.3) is 0 Å². The van der Waals surface area contributed by atoms with E-state index in [0.29, 0.717) is 0 Å². The Labute approximate surface area is 114 Å². The fraction of sp³-hybridized carbons (Fsp3) is 0.333. The molecular weight excluding hydrogens is 331 g/mol. The maximum absolute atomic E-state index is 4.36. The van der Waals surface area contributed by atoms with Crippen LogP contribution in [0, 0.1) is 0 Å². The molecule has 0 radical (unpaired) electrons. The fourth-order valence-electron chi connectivity index (χ4n) is 1.41. The van der Waals surface area contributed by atoms with Gasteiger partial charge in [-0.3, -0.25) is 0 Å². The van der Waals surface area contributed by atoms with Crippen molar-refractivity contribution in [3.63, 3.8) is 0 Å². The zero-order valence-electron chi connectivity index (χ0n) is 11.5. The van der Waals surface area contributed by atoms with Crippen LogP contribution in [0.1, 0.15) is 13.8 Å². The van der Waals surface area contributed by atoms with Crippen molar-refractivity contribution in [2.75, 3.05) is 0 Å². The molecule has 0 saturated carbocycles. The SMILES string of the molecule is C=[C](C(Sc1ccccc1)=C(C)C)[Sn]([CH3])([CH3])[CH3]. The summed E-state index contributed by atoms with van der Waals surface area (Å²) >= 11 is -0.183. The van der Waals surface area contributed by atoms with Crippen LogP contribution >= 0.6 is 11.8 Å². The molecule has 1 aromatic carbocycles. The van der Waals surface area contributed by atoms with E-state index >= 15 is 0 Å². The Bertz CT molecular complexity index is 420. The molecule has 0 bridgehead atoms. The van der Waals surface area contributed by atoms with Gasteiger partial charge in [-0.05, 0) is 0 Å². The standard InChI is InChI=1S/C12H13S.3CH3.Sn/c1-4-12(10(2)3)13-11-8-6-5-7-9-11;;;;/h5-9H,1H2,2-3H3;3*1H3;. The van der Waals surface area contributed by atoms with Crippen molar-refractivity contribution in [1.29, 1.82) is 0 Å². The van der Waals surface area contributed by atoms with Gasteiger partial charge in [-0.1, -0.05) is 0 Å². The van der Waals surface area contributed by atoms with Crippen LogP contribution in [-0.4, -0.2) is 18.4 Å². The first-order valence-corrected chi connectivity index (χ1v) is 16.7. The number of hydrogen-bond donors (Lipinski definition) is 0. The Morgan fingerprint density at radius 1 is 1.06 bits per heavy atom. The minimum atomic E-state index is -2.05. The fourth-order valence-corrected chi connectivity index (χ4v) is 7.42. The van der Waals surface area contributed by atoms with Crippen molar-refractivity contribution in [3.8, 4) is 0 Å². The number of hydrogen-bond acceptors (Lipinski definition) is 1. The van der Waals surface area contributed by atoms with Crippen LogP contribution < -0.4 is 0 Å². The Balaban J connectivity index is 2.99. The third-order valence-electron chi connectivity index (χ3n) is 2.60. The van der Waals surface area contributed by atoms with Crippen molar-refractivity contribution in [2.45, 2.75) is 33.6 Å². The van der Waals surface area contributed by atoms with Gasteiger partial charge in [0.2, 0.25) is 0 Å². The molecule has 0 heterocycles. The first-order chi connectivity index (χ1) is 7.82. The third-order valence-corrected chi connectivity index (χ3v) is 10.4. The zero-order valence-corrected chi connectivity index (χ0v) is 15.2. The first-order valence-electron chi connectivity index (χ1n) is 5.92. The molecule has 0 fully saturated rings. The summed E-state index contributed by atoms with van der Waals surface area (Å²) in [6, 6.07) is 10.6. The van der Waals surface area contributed by atoms with Crippen molar-refractivity contribution < 1.29 is 0 Å². The van der Waals surface area contributed by atoms with Gasteiger partial charge in [-0.25, -0.2) is 0 Å². The summed E-state index contributed by atoms with van der Waals surface area (Å²) in [7, 11) is 0. The predicted octanol–water partition coefficient (Wildman–Crippen LogP) is 5.51. The van der Waals surface area contributed by atoms with E-state index in [1.807, 2.05) is 11.8 Å². The molecule has 0 unspecified atom stereocenters. The molecule has 0 aromatic heterocycles. The number of allylic oxidation sites excluding steroid dienone is 2. The summed E-state index contributed by atoms with van der Waals surface area (Å²) in [6.45, 7) is 8.74. The van der Waals surface area contributed by atoms with E-state index in [9.17, 15) is 0 Å². The normalized spacial score (nSPS) is 11.1. The molecule has 0 nitrogen and oxygen atoms in total. The van der Waals surface area contributed by atoms with Gasteiger partial charge in [0.15, 0.2) is 0 Å². The summed E-state index contributed by atoms with van der Waals surface area (Å²) < 4.78 is 1.42. The summed E-state index contributed by atoms with van der Waals surface area (Å²) in [4.78, 5) is 9.97. The molecule has 0 aliphatic carbocycles. The van der Waals surface area contributed by atoms with Crippen molar-refractivity contribution in [1.82, 2.24) is 0 Å². The monoisotopic (exact) mass is 354 g/mol. The van der Waals surface area contributed by atoms with Crippen molar-refractivity contribution >= 4 is 30.1 Å². The van der Waals surface area contributed by atoms with Crippen LogP contribution in [0.3, 0.4) is 0 Å². The molecule has 2 heteroatoms.